The van der Waals surface area contributed by atoms with E-state index in [1.807, 2.05) is 16.1 Å². The SMILES string of the molecule is COc1ccc(CN2C(=O)CCN(c3cnn4ccc(CC5(F)CCN(Br)CC5)cc34)C2=O)c(OC)c1. The molecule has 9 nitrogen and oxygen atoms in total. The number of aromatic nitrogens is 2. The summed E-state index contributed by atoms with van der Waals surface area (Å²) < 4.78 is 29.8. The van der Waals surface area contributed by atoms with E-state index in [9.17, 15) is 9.59 Å². The first kappa shape index (κ1) is 25.5. The number of fused-ring (bicyclic) bond motifs is 1. The smallest absolute Gasteiger partial charge is 0.331 e. The lowest BCUT2D eigenvalue weighted by atomic mass is 9.88. The number of ether oxygens (including phenoxy) is 2. The minimum absolute atomic E-state index is 0.0702. The molecule has 0 spiro atoms. The molecule has 3 aromatic rings. The number of imide groups is 1. The molecule has 2 aliphatic heterocycles. The number of benzene rings is 1. The maximum absolute atomic E-state index is 15.5. The summed E-state index contributed by atoms with van der Waals surface area (Å²) in [6.45, 7) is 1.62. The van der Waals surface area contributed by atoms with Crippen LogP contribution in [0.1, 0.15) is 30.4 Å². The predicted molar refractivity (Wildman–Crippen MR) is 140 cm³/mol. The Labute approximate surface area is 223 Å². The van der Waals surface area contributed by atoms with Crippen molar-refractivity contribution in [3.05, 3.63) is 53.9 Å². The Kier molecular flexibility index (Phi) is 7.09. The van der Waals surface area contributed by atoms with Crippen LogP contribution in [0.4, 0.5) is 14.9 Å². The number of amides is 3. The molecule has 5 rings (SSSR count). The maximum Gasteiger partial charge on any atom is 0.331 e. The number of carbonyl (C=O) groups excluding carboxylic acids is 2. The second kappa shape index (κ2) is 10.3. The molecule has 0 atom stereocenters. The summed E-state index contributed by atoms with van der Waals surface area (Å²) in [6, 6.07) is 8.60. The van der Waals surface area contributed by atoms with Crippen LogP contribution in [-0.2, 0) is 17.8 Å². The molecule has 0 unspecified atom stereocenters. The van der Waals surface area contributed by atoms with Crippen LogP contribution >= 0.6 is 16.1 Å². The Balaban J connectivity index is 1.40. The van der Waals surface area contributed by atoms with Gasteiger partial charge in [0.1, 0.15) is 17.2 Å². The quantitative estimate of drug-likeness (QED) is 0.390. The average Bonchev–Trinajstić information content (AvgIpc) is 3.31. The van der Waals surface area contributed by atoms with Crippen molar-refractivity contribution in [3.8, 4) is 11.5 Å². The molecule has 2 aliphatic rings. The molecule has 1 aromatic carbocycles. The van der Waals surface area contributed by atoms with Gasteiger partial charge in [-0.25, -0.2) is 17.6 Å². The number of methoxy groups -OCH3 is 2. The Bertz CT molecular complexity index is 1320. The molecular weight excluding hydrogens is 545 g/mol. The van der Waals surface area contributed by atoms with Crippen LogP contribution in [0.5, 0.6) is 11.5 Å². The van der Waals surface area contributed by atoms with Gasteiger partial charge in [0, 0.05) is 66.4 Å². The molecule has 0 saturated carbocycles. The molecule has 37 heavy (non-hydrogen) atoms. The average molecular weight is 574 g/mol. The molecule has 2 saturated heterocycles. The highest BCUT2D eigenvalue weighted by Gasteiger charge is 2.36. The minimum Gasteiger partial charge on any atom is -0.497 e. The number of rotatable bonds is 7. The van der Waals surface area contributed by atoms with Gasteiger partial charge in [0.05, 0.1) is 38.2 Å². The topological polar surface area (TPSA) is 79.6 Å². The fourth-order valence-corrected chi connectivity index (χ4v) is 5.33. The van der Waals surface area contributed by atoms with Gasteiger partial charge < -0.3 is 9.47 Å². The summed E-state index contributed by atoms with van der Waals surface area (Å²) >= 11 is 3.43. The van der Waals surface area contributed by atoms with Crippen molar-refractivity contribution in [1.29, 1.82) is 0 Å². The normalized spacial score (nSPS) is 18.5. The molecule has 3 amide bonds. The van der Waals surface area contributed by atoms with Crippen molar-refractivity contribution in [2.75, 3.05) is 38.8 Å². The molecule has 0 bridgehead atoms. The van der Waals surface area contributed by atoms with E-state index < -0.39 is 11.7 Å². The fourth-order valence-electron chi connectivity index (χ4n) is 4.97. The highest BCUT2D eigenvalue weighted by Crippen LogP contribution is 2.34. The number of halogens is 2. The molecule has 2 fully saturated rings. The number of urea groups is 1. The third-order valence-electron chi connectivity index (χ3n) is 7.12. The van der Waals surface area contributed by atoms with Crippen LogP contribution in [0.3, 0.4) is 0 Å². The van der Waals surface area contributed by atoms with Crippen LogP contribution < -0.4 is 14.4 Å². The van der Waals surface area contributed by atoms with Crippen molar-refractivity contribution in [1.82, 2.24) is 18.4 Å². The first-order valence-electron chi connectivity index (χ1n) is 12.2. The molecule has 0 aliphatic carbocycles. The number of anilines is 1. The highest BCUT2D eigenvalue weighted by atomic mass is 79.9. The standard InChI is InChI=1S/C26H29BrFN5O4/c1-36-20-4-3-19(23(14-20)37-2)17-32-24(34)6-9-31(25(32)35)22-16-29-33-10-5-18(13-21(22)33)15-26(28)7-11-30(27)12-8-26/h3-5,10,13-14,16H,6-9,11-12,15,17H2,1-2H3. The van der Waals surface area contributed by atoms with Gasteiger partial charge in [-0.1, -0.05) is 0 Å². The summed E-state index contributed by atoms with van der Waals surface area (Å²) in [6.07, 6.45) is 4.78. The number of hydrogen-bond donors (Lipinski definition) is 0. The van der Waals surface area contributed by atoms with Crippen LogP contribution in [-0.4, -0.2) is 69.9 Å². The molecule has 0 N–H and O–H groups in total. The van der Waals surface area contributed by atoms with Crippen molar-refractivity contribution >= 4 is 39.3 Å². The van der Waals surface area contributed by atoms with Gasteiger partial charge in [-0.05, 0) is 42.7 Å². The zero-order valence-corrected chi connectivity index (χ0v) is 22.4. The molecular formula is C26H29BrFN5O4. The van der Waals surface area contributed by atoms with Crippen LogP contribution in [0.2, 0.25) is 0 Å². The number of carbonyl (C=O) groups is 2. The van der Waals surface area contributed by atoms with Crippen molar-refractivity contribution in [2.24, 2.45) is 0 Å². The van der Waals surface area contributed by atoms with E-state index in [0.29, 0.717) is 60.6 Å². The fraction of sp³-hybridized carbons (Fsp3) is 0.423. The molecule has 4 heterocycles. The summed E-state index contributed by atoms with van der Waals surface area (Å²) in [5.74, 6) is 0.894. The monoisotopic (exact) mass is 573 g/mol. The Morgan fingerprint density at radius 1 is 1.08 bits per heavy atom. The van der Waals surface area contributed by atoms with Gasteiger partial charge in [-0.3, -0.25) is 14.6 Å². The van der Waals surface area contributed by atoms with Gasteiger partial charge >= 0.3 is 6.03 Å². The number of alkyl halides is 1. The van der Waals surface area contributed by atoms with E-state index >= 15 is 4.39 Å². The second-order valence-corrected chi connectivity index (χ2v) is 10.5. The van der Waals surface area contributed by atoms with E-state index in [2.05, 4.69) is 21.2 Å². The lowest BCUT2D eigenvalue weighted by Crippen LogP contribution is -2.52. The Hall–Kier alpha value is -3.18. The largest absolute Gasteiger partial charge is 0.497 e. The predicted octanol–water partition coefficient (Wildman–Crippen LogP) is 4.37. The van der Waals surface area contributed by atoms with Gasteiger partial charge in [-0.2, -0.15) is 5.10 Å². The number of piperidine rings is 1. The van der Waals surface area contributed by atoms with Gasteiger partial charge in [-0.15, -0.1) is 0 Å². The Morgan fingerprint density at radius 3 is 2.59 bits per heavy atom. The maximum atomic E-state index is 15.5. The summed E-state index contributed by atoms with van der Waals surface area (Å²) in [4.78, 5) is 29.1. The van der Waals surface area contributed by atoms with Crippen LogP contribution in [0.25, 0.3) is 5.52 Å². The van der Waals surface area contributed by atoms with Crippen molar-refractivity contribution in [2.45, 2.75) is 37.9 Å². The Morgan fingerprint density at radius 2 is 1.86 bits per heavy atom. The first-order valence-corrected chi connectivity index (χ1v) is 12.9. The third-order valence-corrected chi connectivity index (χ3v) is 7.83. The lowest BCUT2D eigenvalue weighted by molar-refractivity contribution is -0.129. The minimum atomic E-state index is -1.27. The van der Waals surface area contributed by atoms with E-state index in [0.717, 1.165) is 5.56 Å². The molecule has 2 aromatic heterocycles. The van der Waals surface area contributed by atoms with Crippen molar-refractivity contribution < 1.29 is 23.5 Å². The molecule has 196 valence electrons. The van der Waals surface area contributed by atoms with E-state index in [4.69, 9.17) is 9.47 Å². The summed E-state index contributed by atoms with van der Waals surface area (Å²) in [7, 11) is 3.09. The third kappa shape index (κ3) is 5.15. The van der Waals surface area contributed by atoms with E-state index in [-0.39, 0.29) is 25.4 Å². The van der Waals surface area contributed by atoms with Crippen LogP contribution in [0, 0.1) is 0 Å². The number of pyridine rings is 1. The molecule has 0 radical (unpaired) electrons. The number of nitrogens with zero attached hydrogens (tertiary/aromatic N) is 5. The molecule has 11 heteroatoms. The zero-order valence-electron chi connectivity index (χ0n) is 20.8. The van der Waals surface area contributed by atoms with Gasteiger partial charge in [0.2, 0.25) is 5.91 Å². The first-order chi connectivity index (χ1) is 17.8. The second-order valence-electron chi connectivity index (χ2n) is 9.47. The van der Waals surface area contributed by atoms with Crippen LogP contribution in [0.15, 0.2) is 42.7 Å². The van der Waals surface area contributed by atoms with Crippen molar-refractivity contribution in [3.63, 3.8) is 0 Å². The summed E-state index contributed by atoms with van der Waals surface area (Å²) in [5, 5.41) is 4.40. The van der Waals surface area contributed by atoms with E-state index in [1.54, 1.807) is 47.1 Å². The van der Waals surface area contributed by atoms with E-state index in [1.165, 1.54) is 12.0 Å². The lowest BCUT2D eigenvalue weighted by Gasteiger charge is -2.34. The number of hydrogen-bond acceptors (Lipinski definition) is 6. The zero-order chi connectivity index (χ0) is 26.2. The summed E-state index contributed by atoms with van der Waals surface area (Å²) in [5.41, 5.74) is 1.56. The highest BCUT2D eigenvalue weighted by molar-refractivity contribution is 9.07. The van der Waals surface area contributed by atoms with Gasteiger partial charge in [0.15, 0.2) is 0 Å². The van der Waals surface area contributed by atoms with Gasteiger partial charge in [0.25, 0.3) is 0 Å².